The number of aryl methyl sites for hydroxylation is 1. The first-order valence-electron chi connectivity index (χ1n) is 9.15. The smallest absolute Gasteiger partial charge is 0.339 e. The maximum absolute atomic E-state index is 13.2. The fraction of sp³-hybridized carbons (Fsp3) is 0.286. The van der Waals surface area contributed by atoms with Crippen molar-refractivity contribution in [2.45, 2.75) is 32.0 Å². The lowest BCUT2D eigenvalue weighted by Gasteiger charge is -2.19. The summed E-state index contributed by atoms with van der Waals surface area (Å²) in [7, 11) is 0. The number of rotatable bonds is 4. The summed E-state index contributed by atoms with van der Waals surface area (Å²) in [4.78, 5) is 18.2. The van der Waals surface area contributed by atoms with E-state index >= 15 is 0 Å². The molecule has 0 aliphatic carbocycles. The highest BCUT2D eigenvalue weighted by Crippen LogP contribution is 2.35. The molecule has 0 N–H and O–H groups in total. The van der Waals surface area contributed by atoms with Crippen molar-refractivity contribution in [2.24, 2.45) is 0 Å². The van der Waals surface area contributed by atoms with Gasteiger partial charge in [-0.3, -0.25) is 4.79 Å². The van der Waals surface area contributed by atoms with Crippen molar-refractivity contribution in [3.05, 3.63) is 71.1 Å². The molecule has 1 atom stereocenters. The van der Waals surface area contributed by atoms with Crippen LogP contribution in [0.2, 0.25) is 0 Å². The highest BCUT2D eigenvalue weighted by atomic mass is 19.4. The van der Waals surface area contributed by atoms with Gasteiger partial charge in [-0.15, -0.1) is 0 Å². The molecule has 5 nitrogen and oxygen atoms in total. The lowest BCUT2D eigenvalue weighted by atomic mass is 10.1. The Bertz CT molecular complexity index is 1050. The van der Waals surface area contributed by atoms with Crippen LogP contribution >= 0.6 is 0 Å². The highest BCUT2D eigenvalue weighted by molar-refractivity contribution is 5.79. The van der Waals surface area contributed by atoms with E-state index in [-0.39, 0.29) is 36.9 Å². The van der Waals surface area contributed by atoms with Gasteiger partial charge in [-0.2, -0.15) is 18.2 Å². The van der Waals surface area contributed by atoms with Crippen molar-refractivity contribution >= 4 is 5.91 Å². The number of likely N-dealkylation sites (tertiary alicyclic amines) is 1. The molecule has 1 aromatic heterocycles. The Morgan fingerprint density at radius 2 is 1.86 bits per heavy atom. The number of halogens is 3. The fourth-order valence-corrected chi connectivity index (χ4v) is 3.56. The summed E-state index contributed by atoms with van der Waals surface area (Å²) in [5, 5.41) is 4.01. The number of hydrogen-bond acceptors (Lipinski definition) is 4. The second kappa shape index (κ2) is 7.35. The van der Waals surface area contributed by atoms with E-state index in [4.69, 9.17) is 4.52 Å². The maximum Gasteiger partial charge on any atom is 0.416 e. The van der Waals surface area contributed by atoms with Crippen LogP contribution in [-0.4, -0.2) is 27.5 Å². The molecule has 0 saturated carbocycles. The molecule has 0 bridgehead atoms. The van der Waals surface area contributed by atoms with Crippen molar-refractivity contribution in [2.75, 3.05) is 6.54 Å². The van der Waals surface area contributed by atoms with Gasteiger partial charge in [0.05, 0.1) is 11.5 Å². The van der Waals surface area contributed by atoms with Crippen LogP contribution in [0.1, 0.15) is 34.9 Å². The third kappa shape index (κ3) is 3.87. The summed E-state index contributed by atoms with van der Waals surface area (Å²) >= 11 is 0. The minimum Gasteiger partial charge on any atom is -0.339 e. The minimum absolute atomic E-state index is 0.0696. The van der Waals surface area contributed by atoms with Crippen LogP contribution in [-0.2, 0) is 17.5 Å². The molecule has 4 rings (SSSR count). The van der Waals surface area contributed by atoms with E-state index in [9.17, 15) is 18.0 Å². The van der Waals surface area contributed by atoms with E-state index in [1.807, 2.05) is 31.2 Å². The molecule has 2 aromatic carbocycles. The van der Waals surface area contributed by atoms with E-state index in [0.717, 1.165) is 17.2 Å². The van der Waals surface area contributed by atoms with Crippen LogP contribution < -0.4 is 0 Å². The molecule has 0 spiro atoms. The van der Waals surface area contributed by atoms with Gasteiger partial charge in [-0.25, -0.2) is 0 Å². The van der Waals surface area contributed by atoms with Crippen LogP contribution in [0.15, 0.2) is 53.1 Å². The molecule has 2 heterocycles. The van der Waals surface area contributed by atoms with Crippen molar-refractivity contribution in [1.82, 2.24) is 15.0 Å². The van der Waals surface area contributed by atoms with Crippen LogP contribution in [0.5, 0.6) is 0 Å². The Kier molecular flexibility index (Phi) is 4.86. The number of carbonyl (C=O) groups excluding carboxylic acids is 1. The maximum atomic E-state index is 13.2. The summed E-state index contributed by atoms with van der Waals surface area (Å²) in [5.74, 6) is 0.183. The first-order chi connectivity index (χ1) is 13.8. The summed E-state index contributed by atoms with van der Waals surface area (Å²) < 4.78 is 45.0. The van der Waals surface area contributed by atoms with Crippen LogP contribution in [0.4, 0.5) is 13.2 Å². The standard InChI is InChI=1S/C21H18F3N3O2/c1-13-6-2-4-8-16(13)19-25-20(29-26-19)15-10-18(28)27(12-15)11-14-7-3-5-9-17(14)21(22,23)24/h2-9,15H,10-12H2,1H3. The van der Waals surface area contributed by atoms with Gasteiger partial charge in [-0.05, 0) is 24.1 Å². The fourth-order valence-electron chi connectivity index (χ4n) is 3.56. The average molecular weight is 401 g/mol. The van der Waals surface area contributed by atoms with E-state index in [2.05, 4.69) is 10.1 Å². The van der Waals surface area contributed by atoms with Gasteiger partial charge in [-0.1, -0.05) is 47.6 Å². The second-order valence-electron chi connectivity index (χ2n) is 7.10. The second-order valence-corrected chi connectivity index (χ2v) is 7.10. The van der Waals surface area contributed by atoms with E-state index in [1.54, 1.807) is 0 Å². The van der Waals surface area contributed by atoms with Crippen molar-refractivity contribution < 1.29 is 22.5 Å². The third-order valence-corrected chi connectivity index (χ3v) is 5.08. The van der Waals surface area contributed by atoms with Crippen LogP contribution in [0.25, 0.3) is 11.4 Å². The summed E-state index contributed by atoms with van der Waals surface area (Å²) in [5.41, 5.74) is 1.17. The topological polar surface area (TPSA) is 59.2 Å². The number of benzene rings is 2. The average Bonchev–Trinajstić information content (AvgIpc) is 3.29. The van der Waals surface area contributed by atoms with Gasteiger partial charge in [0.2, 0.25) is 17.6 Å². The predicted octanol–water partition coefficient (Wildman–Crippen LogP) is 4.58. The van der Waals surface area contributed by atoms with Gasteiger partial charge in [0.15, 0.2) is 0 Å². The lowest BCUT2D eigenvalue weighted by Crippen LogP contribution is -2.26. The van der Waals surface area contributed by atoms with Gasteiger partial charge >= 0.3 is 6.18 Å². The molecular weight excluding hydrogens is 383 g/mol. The van der Waals surface area contributed by atoms with Gasteiger partial charge in [0.1, 0.15) is 0 Å². The summed E-state index contributed by atoms with van der Waals surface area (Å²) in [6, 6.07) is 12.9. The zero-order chi connectivity index (χ0) is 20.6. The molecule has 1 unspecified atom stereocenters. The highest BCUT2D eigenvalue weighted by Gasteiger charge is 2.37. The Hall–Kier alpha value is -3.16. The largest absolute Gasteiger partial charge is 0.416 e. The molecule has 0 radical (unpaired) electrons. The van der Waals surface area contributed by atoms with Gasteiger partial charge in [0.25, 0.3) is 0 Å². The molecule has 150 valence electrons. The molecule has 3 aromatic rings. The first-order valence-corrected chi connectivity index (χ1v) is 9.15. The first kappa shape index (κ1) is 19.2. The van der Waals surface area contributed by atoms with Crippen molar-refractivity contribution in [3.8, 4) is 11.4 Å². The molecule has 1 aliphatic heterocycles. The van der Waals surface area contributed by atoms with Crippen LogP contribution in [0.3, 0.4) is 0 Å². The molecule has 29 heavy (non-hydrogen) atoms. The number of amides is 1. The van der Waals surface area contributed by atoms with Crippen molar-refractivity contribution in [1.29, 1.82) is 0 Å². The quantitative estimate of drug-likeness (QED) is 0.642. The van der Waals surface area contributed by atoms with E-state index in [1.165, 1.54) is 23.1 Å². The molecule has 1 saturated heterocycles. The number of nitrogens with zero attached hydrogens (tertiary/aromatic N) is 3. The SMILES string of the molecule is Cc1ccccc1-c1noc(C2CC(=O)N(Cc3ccccc3C(F)(F)F)C2)n1. The zero-order valence-corrected chi connectivity index (χ0v) is 15.6. The summed E-state index contributed by atoms with van der Waals surface area (Å²) in [6.07, 6.45) is -4.34. The Morgan fingerprint density at radius 3 is 2.62 bits per heavy atom. The van der Waals surface area contributed by atoms with Gasteiger partial charge < -0.3 is 9.42 Å². The normalized spacial score (nSPS) is 17.2. The third-order valence-electron chi connectivity index (χ3n) is 5.08. The predicted molar refractivity (Wildman–Crippen MR) is 98.7 cm³/mol. The molecule has 1 aliphatic rings. The monoisotopic (exact) mass is 401 g/mol. The minimum atomic E-state index is -4.46. The lowest BCUT2D eigenvalue weighted by molar-refractivity contribution is -0.139. The Labute approximate surface area is 165 Å². The van der Waals surface area contributed by atoms with Crippen molar-refractivity contribution in [3.63, 3.8) is 0 Å². The zero-order valence-electron chi connectivity index (χ0n) is 15.6. The van der Waals surface area contributed by atoms with E-state index < -0.39 is 11.7 Å². The summed E-state index contributed by atoms with van der Waals surface area (Å²) in [6.45, 7) is 2.06. The Balaban J connectivity index is 1.52. The van der Waals surface area contributed by atoms with E-state index in [0.29, 0.717) is 11.7 Å². The number of carbonyl (C=O) groups is 1. The van der Waals surface area contributed by atoms with Crippen LogP contribution in [0, 0.1) is 6.92 Å². The number of aromatic nitrogens is 2. The number of alkyl halides is 3. The molecular formula is C21H18F3N3O2. The number of hydrogen-bond donors (Lipinski definition) is 0. The molecule has 1 amide bonds. The Morgan fingerprint density at radius 1 is 1.14 bits per heavy atom. The molecule has 8 heteroatoms. The van der Waals surface area contributed by atoms with Gasteiger partial charge in [0, 0.05) is 25.1 Å². The molecule has 1 fully saturated rings.